The van der Waals surface area contributed by atoms with Crippen LogP contribution in [0.4, 0.5) is 11.4 Å². The first-order valence-corrected chi connectivity index (χ1v) is 11.1. The fourth-order valence-corrected chi connectivity index (χ4v) is 3.86. The first kappa shape index (κ1) is 23.1. The molecule has 0 unspecified atom stereocenters. The lowest BCUT2D eigenvalue weighted by Gasteiger charge is -2.23. The van der Waals surface area contributed by atoms with Crippen molar-refractivity contribution >= 4 is 27.3 Å². The minimum Gasteiger partial charge on any atom is -0.497 e. The van der Waals surface area contributed by atoms with Crippen LogP contribution in [0.2, 0.25) is 0 Å². The SMILES string of the molecule is COc1ccc(CN(C)C(=O)CCCN(c2cccc([N+](=O)[O-])c2)S(C)(=O)=O)cc1. The average Bonchev–Trinajstić information content (AvgIpc) is 2.70. The van der Waals surface area contributed by atoms with Crippen LogP contribution in [0, 0.1) is 10.1 Å². The number of nitro groups is 1. The Balaban J connectivity index is 1.98. The van der Waals surface area contributed by atoms with Gasteiger partial charge in [-0.2, -0.15) is 0 Å². The summed E-state index contributed by atoms with van der Waals surface area (Å²) in [5.41, 5.74) is 0.947. The van der Waals surface area contributed by atoms with Crippen LogP contribution >= 0.6 is 0 Å². The van der Waals surface area contributed by atoms with Gasteiger partial charge in [-0.05, 0) is 30.2 Å². The van der Waals surface area contributed by atoms with E-state index in [-0.39, 0.29) is 36.7 Å². The van der Waals surface area contributed by atoms with E-state index in [0.29, 0.717) is 6.54 Å². The molecule has 0 spiro atoms. The maximum absolute atomic E-state index is 12.4. The number of sulfonamides is 1. The van der Waals surface area contributed by atoms with Crippen LogP contribution in [0.5, 0.6) is 5.75 Å². The fourth-order valence-electron chi connectivity index (χ4n) is 2.91. The molecule has 0 aliphatic rings. The Labute approximate surface area is 176 Å². The van der Waals surface area contributed by atoms with Crippen molar-refractivity contribution in [1.29, 1.82) is 0 Å². The highest BCUT2D eigenvalue weighted by molar-refractivity contribution is 7.92. The van der Waals surface area contributed by atoms with E-state index in [2.05, 4.69) is 0 Å². The van der Waals surface area contributed by atoms with E-state index < -0.39 is 14.9 Å². The Hall–Kier alpha value is -3.14. The molecule has 0 saturated heterocycles. The summed E-state index contributed by atoms with van der Waals surface area (Å²) in [5.74, 6) is 0.605. The maximum Gasteiger partial charge on any atom is 0.271 e. The number of amides is 1. The molecule has 0 fully saturated rings. The normalized spacial score (nSPS) is 11.0. The van der Waals surface area contributed by atoms with Crippen molar-refractivity contribution in [3.63, 3.8) is 0 Å². The van der Waals surface area contributed by atoms with Gasteiger partial charge >= 0.3 is 0 Å². The third kappa shape index (κ3) is 6.45. The molecule has 0 N–H and O–H groups in total. The number of carbonyl (C=O) groups is 1. The lowest BCUT2D eigenvalue weighted by Crippen LogP contribution is -2.32. The van der Waals surface area contributed by atoms with E-state index in [9.17, 15) is 23.3 Å². The minimum atomic E-state index is -3.66. The summed E-state index contributed by atoms with van der Waals surface area (Å²) in [6.07, 6.45) is 1.46. The van der Waals surface area contributed by atoms with E-state index in [1.54, 1.807) is 19.1 Å². The van der Waals surface area contributed by atoms with Gasteiger partial charge < -0.3 is 9.64 Å². The molecule has 10 heteroatoms. The van der Waals surface area contributed by atoms with Gasteiger partial charge in [-0.1, -0.05) is 18.2 Å². The Morgan fingerprint density at radius 3 is 2.40 bits per heavy atom. The molecule has 2 aromatic rings. The Morgan fingerprint density at radius 1 is 1.17 bits per heavy atom. The first-order chi connectivity index (χ1) is 14.1. The van der Waals surface area contributed by atoms with Gasteiger partial charge in [0.2, 0.25) is 15.9 Å². The van der Waals surface area contributed by atoms with Crippen LogP contribution in [0.25, 0.3) is 0 Å². The van der Waals surface area contributed by atoms with Crippen molar-refractivity contribution in [3.05, 3.63) is 64.2 Å². The van der Waals surface area contributed by atoms with Gasteiger partial charge in [0.05, 0.1) is 24.0 Å². The van der Waals surface area contributed by atoms with Gasteiger partial charge in [0, 0.05) is 38.7 Å². The molecule has 0 atom stereocenters. The summed E-state index contributed by atoms with van der Waals surface area (Å²) in [5, 5.41) is 11.0. The standard InChI is InChI=1S/C20H25N3O6S/c1-21(15-16-9-11-19(29-2)12-10-16)20(24)8-5-13-22(30(3,27)28)17-6-4-7-18(14-17)23(25)26/h4,6-7,9-12,14H,5,8,13,15H2,1-3H3. The zero-order valence-corrected chi connectivity index (χ0v) is 18.0. The molecule has 30 heavy (non-hydrogen) atoms. The first-order valence-electron chi connectivity index (χ1n) is 9.21. The molecule has 0 saturated carbocycles. The highest BCUT2D eigenvalue weighted by atomic mass is 32.2. The van der Waals surface area contributed by atoms with Gasteiger partial charge in [-0.15, -0.1) is 0 Å². The summed E-state index contributed by atoms with van der Waals surface area (Å²) in [7, 11) is -0.396. The summed E-state index contributed by atoms with van der Waals surface area (Å²) < 4.78 is 30.5. The monoisotopic (exact) mass is 435 g/mol. The Morgan fingerprint density at radius 2 is 1.83 bits per heavy atom. The average molecular weight is 436 g/mol. The molecule has 1 amide bonds. The summed E-state index contributed by atoms with van der Waals surface area (Å²) >= 11 is 0. The molecule has 9 nitrogen and oxygen atoms in total. The van der Waals surface area contributed by atoms with E-state index in [1.165, 1.54) is 24.3 Å². The van der Waals surface area contributed by atoms with Crippen LogP contribution < -0.4 is 9.04 Å². The number of hydrogen-bond donors (Lipinski definition) is 0. The molecule has 0 bridgehead atoms. The van der Waals surface area contributed by atoms with Crippen molar-refractivity contribution in [2.75, 3.05) is 31.3 Å². The van der Waals surface area contributed by atoms with E-state index in [1.807, 2.05) is 24.3 Å². The zero-order chi connectivity index (χ0) is 22.3. The minimum absolute atomic E-state index is 0.0438. The van der Waals surface area contributed by atoms with Crippen molar-refractivity contribution < 1.29 is 22.9 Å². The number of nitro benzene ring substituents is 1. The number of ether oxygens (including phenoxy) is 1. The molecule has 2 rings (SSSR count). The molecule has 0 radical (unpaired) electrons. The van der Waals surface area contributed by atoms with Crippen molar-refractivity contribution in [3.8, 4) is 5.75 Å². The molecule has 0 aliphatic carbocycles. The van der Waals surface area contributed by atoms with Crippen molar-refractivity contribution in [2.24, 2.45) is 0 Å². The number of nitrogens with zero attached hydrogens (tertiary/aromatic N) is 3. The molecule has 0 aromatic heterocycles. The van der Waals surface area contributed by atoms with Crippen LogP contribution in [0.1, 0.15) is 18.4 Å². The van der Waals surface area contributed by atoms with E-state index in [0.717, 1.165) is 21.9 Å². The van der Waals surface area contributed by atoms with Crippen molar-refractivity contribution in [1.82, 2.24) is 4.90 Å². The molecular formula is C20H25N3O6S. The molecule has 2 aromatic carbocycles. The molecule has 0 heterocycles. The van der Waals surface area contributed by atoms with E-state index >= 15 is 0 Å². The smallest absolute Gasteiger partial charge is 0.271 e. The predicted molar refractivity (Wildman–Crippen MR) is 114 cm³/mol. The number of carbonyl (C=O) groups excluding carboxylic acids is 1. The zero-order valence-electron chi connectivity index (χ0n) is 17.1. The van der Waals surface area contributed by atoms with Gasteiger partial charge in [0.1, 0.15) is 5.75 Å². The number of anilines is 1. The van der Waals surface area contributed by atoms with Crippen molar-refractivity contribution in [2.45, 2.75) is 19.4 Å². The molecular weight excluding hydrogens is 410 g/mol. The topological polar surface area (TPSA) is 110 Å². The van der Waals surface area contributed by atoms with Gasteiger partial charge in [0.25, 0.3) is 5.69 Å². The predicted octanol–water partition coefficient (Wildman–Crippen LogP) is 2.81. The second-order valence-corrected chi connectivity index (χ2v) is 8.72. The third-order valence-corrected chi connectivity index (χ3v) is 5.68. The largest absolute Gasteiger partial charge is 0.497 e. The summed E-state index contributed by atoms with van der Waals surface area (Å²) in [6, 6.07) is 12.8. The lowest BCUT2D eigenvalue weighted by molar-refractivity contribution is -0.384. The van der Waals surface area contributed by atoms with Gasteiger partial charge in [-0.3, -0.25) is 19.2 Å². The molecule has 162 valence electrons. The fraction of sp³-hybridized carbons (Fsp3) is 0.350. The molecule has 0 aliphatic heterocycles. The number of non-ortho nitro benzene ring substituents is 1. The Bertz CT molecular complexity index is 992. The number of hydrogen-bond acceptors (Lipinski definition) is 6. The number of rotatable bonds is 10. The maximum atomic E-state index is 12.4. The third-order valence-electron chi connectivity index (χ3n) is 4.49. The van der Waals surface area contributed by atoms with Crippen LogP contribution in [0.3, 0.4) is 0 Å². The summed E-state index contributed by atoms with van der Waals surface area (Å²) in [6.45, 7) is 0.464. The summed E-state index contributed by atoms with van der Waals surface area (Å²) in [4.78, 5) is 24.4. The van der Waals surface area contributed by atoms with Gasteiger partial charge in [-0.25, -0.2) is 8.42 Å². The van der Waals surface area contributed by atoms with Crippen LogP contribution in [0.15, 0.2) is 48.5 Å². The van der Waals surface area contributed by atoms with Gasteiger partial charge in [0.15, 0.2) is 0 Å². The lowest BCUT2D eigenvalue weighted by atomic mass is 10.2. The number of benzene rings is 2. The van der Waals surface area contributed by atoms with E-state index in [4.69, 9.17) is 4.74 Å². The second kappa shape index (κ2) is 10.1. The number of methoxy groups -OCH3 is 1. The van der Waals surface area contributed by atoms with Crippen LogP contribution in [-0.4, -0.2) is 51.1 Å². The quantitative estimate of drug-likeness (QED) is 0.419. The second-order valence-electron chi connectivity index (χ2n) is 6.81. The highest BCUT2D eigenvalue weighted by Gasteiger charge is 2.20. The Kier molecular flexibility index (Phi) is 7.76. The highest BCUT2D eigenvalue weighted by Crippen LogP contribution is 2.23. The van der Waals surface area contributed by atoms with Crippen LogP contribution in [-0.2, 0) is 21.4 Å².